The number of nitrogens with zero attached hydrogens (tertiary/aromatic N) is 4. The molecule has 2 saturated heterocycles. The summed E-state index contributed by atoms with van der Waals surface area (Å²) >= 11 is 0. The van der Waals surface area contributed by atoms with Gasteiger partial charge in [0.05, 0.1) is 5.92 Å². The predicted octanol–water partition coefficient (Wildman–Crippen LogP) is 2.49. The summed E-state index contributed by atoms with van der Waals surface area (Å²) in [5.74, 6) is 2.28. The molecule has 0 aliphatic carbocycles. The Hall–Kier alpha value is -1.62. The highest BCUT2D eigenvalue weighted by molar-refractivity contribution is 5.79. The molecular weight excluding hydrogens is 312 g/mol. The second-order valence-corrected chi connectivity index (χ2v) is 7.83. The number of amides is 1. The van der Waals surface area contributed by atoms with Gasteiger partial charge in [0.25, 0.3) is 0 Å². The lowest BCUT2D eigenvalue weighted by Gasteiger charge is -2.38. The molecule has 5 nitrogen and oxygen atoms in total. The van der Waals surface area contributed by atoms with Crippen molar-refractivity contribution in [3.8, 4) is 0 Å². The normalized spacial score (nSPS) is 22.4. The summed E-state index contributed by atoms with van der Waals surface area (Å²) in [4.78, 5) is 24.1. The third kappa shape index (κ3) is 4.94. The molecule has 0 aromatic carbocycles. The second kappa shape index (κ2) is 8.65. The van der Waals surface area contributed by atoms with Crippen molar-refractivity contribution in [2.75, 3.05) is 51.7 Å². The monoisotopic (exact) mass is 344 g/mol. The first kappa shape index (κ1) is 18.2. The number of aromatic nitrogens is 1. The Balaban J connectivity index is 1.50. The first-order valence-corrected chi connectivity index (χ1v) is 9.73. The molecular formula is C20H32N4O. The Labute approximate surface area is 152 Å². The molecule has 3 heterocycles. The SMILES string of the molecule is CN(C)CCC1CCN(C(=O)C2CCCN(c3ccccn3)C2)CC1. The van der Waals surface area contributed by atoms with Crippen molar-refractivity contribution >= 4 is 11.7 Å². The highest BCUT2D eigenvalue weighted by atomic mass is 16.2. The van der Waals surface area contributed by atoms with E-state index in [0.29, 0.717) is 5.91 Å². The average Bonchev–Trinajstić information content (AvgIpc) is 2.67. The lowest BCUT2D eigenvalue weighted by atomic mass is 9.91. The van der Waals surface area contributed by atoms with Gasteiger partial charge in [0, 0.05) is 32.4 Å². The van der Waals surface area contributed by atoms with Crippen molar-refractivity contribution < 1.29 is 4.79 Å². The topological polar surface area (TPSA) is 39.7 Å². The summed E-state index contributed by atoms with van der Waals surface area (Å²) < 4.78 is 0. The van der Waals surface area contributed by atoms with E-state index in [0.717, 1.165) is 70.1 Å². The van der Waals surface area contributed by atoms with E-state index in [-0.39, 0.29) is 5.92 Å². The van der Waals surface area contributed by atoms with Gasteiger partial charge in [0.15, 0.2) is 0 Å². The second-order valence-electron chi connectivity index (χ2n) is 7.83. The molecule has 0 spiro atoms. The van der Waals surface area contributed by atoms with E-state index < -0.39 is 0 Å². The number of carbonyl (C=O) groups excluding carboxylic acids is 1. The molecule has 0 radical (unpaired) electrons. The summed E-state index contributed by atoms with van der Waals surface area (Å²) in [6.07, 6.45) is 7.51. The molecule has 2 fully saturated rings. The zero-order chi connectivity index (χ0) is 17.6. The van der Waals surface area contributed by atoms with Crippen LogP contribution in [-0.4, -0.2) is 67.5 Å². The third-order valence-electron chi connectivity index (χ3n) is 5.65. The highest BCUT2D eigenvalue weighted by Gasteiger charge is 2.31. The molecule has 1 unspecified atom stereocenters. The first-order valence-electron chi connectivity index (χ1n) is 9.73. The van der Waals surface area contributed by atoms with Crippen LogP contribution in [0.1, 0.15) is 32.1 Å². The highest BCUT2D eigenvalue weighted by Crippen LogP contribution is 2.26. The van der Waals surface area contributed by atoms with Crippen LogP contribution in [0.3, 0.4) is 0 Å². The average molecular weight is 345 g/mol. The summed E-state index contributed by atoms with van der Waals surface area (Å²) in [6.45, 7) is 4.86. The fourth-order valence-electron chi connectivity index (χ4n) is 4.07. The van der Waals surface area contributed by atoms with E-state index in [4.69, 9.17) is 0 Å². The Morgan fingerprint density at radius 2 is 2.00 bits per heavy atom. The lowest BCUT2D eigenvalue weighted by Crippen LogP contribution is -2.47. The van der Waals surface area contributed by atoms with Crippen LogP contribution >= 0.6 is 0 Å². The maximum atomic E-state index is 13.0. The van der Waals surface area contributed by atoms with E-state index in [9.17, 15) is 4.79 Å². The smallest absolute Gasteiger partial charge is 0.227 e. The quantitative estimate of drug-likeness (QED) is 0.823. The van der Waals surface area contributed by atoms with Gasteiger partial charge in [-0.1, -0.05) is 6.07 Å². The molecule has 3 rings (SSSR count). The molecule has 1 amide bonds. The fourth-order valence-corrected chi connectivity index (χ4v) is 4.07. The molecule has 1 aromatic heterocycles. The van der Waals surface area contributed by atoms with E-state index in [1.807, 2.05) is 24.4 Å². The van der Waals surface area contributed by atoms with Gasteiger partial charge in [0.2, 0.25) is 5.91 Å². The molecule has 2 aliphatic rings. The Bertz CT molecular complexity index is 540. The Kier molecular flexibility index (Phi) is 6.29. The molecule has 2 aliphatic heterocycles. The van der Waals surface area contributed by atoms with Gasteiger partial charge in [0.1, 0.15) is 5.82 Å². The van der Waals surface area contributed by atoms with Crippen LogP contribution in [0.4, 0.5) is 5.82 Å². The van der Waals surface area contributed by atoms with Crippen LogP contribution in [0.5, 0.6) is 0 Å². The summed E-state index contributed by atoms with van der Waals surface area (Å²) in [6, 6.07) is 6.01. The fraction of sp³-hybridized carbons (Fsp3) is 0.700. The third-order valence-corrected chi connectivity index (χ3v) is 5.65. The lowest BCUT2D eigenvalue weighted by molar-refractivity contribution is -0.137. The molecule has 0 N–H and O–H groups in total. The summed E-state index contributed by atoms with van der Waals surface area (Å²) in [5, 5.41) is 0. The molecule has 1 atom stereocenters. The number of anilines is 1. The molecule has 25 heavy (non-hydrogen) atoms. The molecule has 0 saturated carbocycles. The van der Waals surface area contributed by atoms with Crippen LogP contribution in [0, 0.1) is 11.8 Å². The molecule has 0 bridgehead atoms. The minimum absolute atomic E-state index is 0.133. The van der Waals surface area contributed by atoms with Gasteiger partial charge in [-0.15, -0.1) is 0 Å². The van der Waals surface area contributed by atoms with Crippen molar-refractivity contribution in [1.29, 1.82) is 0 Å². The van der Waals surface area contributed by atoms with Crippen LogP contribution in [0.2, 0.25) is 0 Å². The number of pyridine rings is 1. The summed E-state index contributed by atoms with van der Waals surface area (Å²) in [7, 11) is 4.27. The molecule has 138 valence electrons. The number of carbonyl (C=O) groups is 1. The number of rotatable bonds is 5. The number of hydrogen-bond acceptors (Lipinski definition) is 4. The molecule has 5 heteroatoms. The minimum atomic E-state index is 0.133. The van der Waals surface area contributed by atoms with Crippen molar-refractivity contribution in [2.24, 2.45) is 11.8 Å². The van der Waals surface area contributed by atoms with Crippen molar-refractivity contribution in [2.45, 2.75) is 32.1 Å². The number of hydrogen-bond donors (Lipinski definition) is 0. The van der Waals surface area contributed by atoms with Crippen molar-refractivity contribution in [3.05, 3.63) is 24.4 Å². The zero-order valence-corrected chi connectivity index (χ0v) is 15.7. The van der Waals surface area contributed by atoms with Crippen LogP contribution in [0.15, 0.2) is 24.4 Å². The van der Waals surface area contributed by atoms with Crippen LogP contribution in [-0.2, 0) is 4.79 Å². The number of likely N-dealkylation sites (tertiary alicyclic amines) is 1. The largest absolute Gasteiger partial charge is 0.356 e. The standard InChI is InChI=1S/C20H32N4O/c1-22(2)13-8-17-9-14-23(15-10-17)20(25)18-6-5-12-24(16-18)19-7-3-4-11-21-19/h3-4,7,11,17-18H,5-6,8-10,12-16H2,1-2H3. The van der Waals surface area contributed by atoms with Gasteiger partial charge in [-0.3, -0.25) is 4.79 Å². The summed E-state index contributed by atoms with van der Waals surface area (Å²) in [5.41, 5.74) is 0. The van der Waals surface area contributed by atoms with Crippen molar-refractivity contribution in [3.63, 3.8) is 0 Å². The number of piperidine rings is 2. The van der Waals surface area contributed by atoms with Gasteiger partial charge < -0.3 is 14.7 Å². The van der Waals surface area contributed by atoms with Crippen LogP contribution in [0.25, 0.3) is 0 Å². The van der Waals surface area contributed by atoms with Gasteiger partial charge in [-0.05, 0) is 70.8 Å². The maximum Gasteiger partial charge on any atom is 0.227 e. The molecule has 1 aromatic rings. The minimum Gasteiger partial charge on any atom is -0.356 e. The van der Waals surface area contributed by atoms with E-state index in [2.05, 4.69) is 33.8 Å². The van der Waals surface area contributed by atoms with Gasteiger partial charge in [-0.2, -0.15) is 0 Å². The van der Waals surface area contributed by atoms with Gasteiger partial charge in [-0.25, -0.2) is 4.98 Å². The van der Waals surface area contributed by atoms with E-state index >= 15 is 0 Å². The first-order chi connectivity index (χ1) is 12.1. The van der Waals surface area contributed by atoms with Gasteiger partial charge >= 0.3 is 0 Å². The van der Waals surface area contributed by atoms with E-state index in [1.54, 1.807) is 0 Å². The van der Waals surface area contributed by atoms with E-state index in [1.165, 1.54) is 6.42 Å². The predicted molar refractivity (Wildman–Crippen MR) is 102 cm³/mol. The van der Waals surface area contributed by atoms with Crippen LogP contribution < -0.4 is 4.90 Å². The maximum absolute atomic E-state index is 13.0. The zero-order valence-electron chi connectivity index (χ0n) is 15.7. The Morgan fingerprint density at radius 1 is 1.20 bits per heavy atom. The Morgan fingerprint density at radius 3 is 2.68 bits per heavy atom. The van der Waals surface area contributed by atoms with Crippen molar-refractivity contribution in [1.82, 2.24) is 14.8 Å².